The third-order valence-corrected chi connectivity index (χ3v) is 4.70. The Balaban J connectivity index is 1.72. The number of aromatic nitrogens is 1. The maximum absolute atomic E-state index is 6.46. The fourth-order valence-electron chi connectivity index (χ4n) is 3.51. The van der Waals surface area contributed by atoms with Gasteiger partial charge in [0.15, 0.2) is 11.5 Å². The second kappa shape index (κ2) is 5.52. The zero-order chi connectivity index (χ0) is 14.9. The number of nitrogens with two attached hydrogens (primary N) is 1. The first-order valence-electron chi connectivity index (χ1n) is 7.97. The summed E-state index contributed by atoms with van der Waals surface area (Å²) in [5.41, 5.74) is 10.4. The van der Waals surface area contributed by atoms with Crippen LogP contribution in [0.2, 0.25) is 0 Å². The van der Waals surface area contributed by atoms with Crippen LogP contribution in [0.5, 0.6) is 11.5 Å². The van der Waals surface area contributed by atoms with E-state index in [1.807, 2.05) is 30.5 Å². The zero-order valence-corrected chi connectivity index (χ0v) is 12.5. The summed E-state index contributed by atoms with van der Waals surface area (Å²) in [6.45, 7) is 0.290. The van der Waals surface area contributed by atoms with E-state index in [1.165, 1.54) is 32.1 Å². The predicted octanol–water partition coefficient (Wildman–Crippen LogP) is 4.11. The largest absolute Gasteiger partial charge is 0.454 e. The van der Waals surface area contributed by atoms with Crippen LogP contribution in [0.3, 0.4) is 0 Å². The highest BCUT2D eigenvalue weighted by atomic mass is 16.7. The zero-order valence-electron chi connectivity index (χ0n) is 12.5. The summed E-state index contributed by atoms with van der Waals surface area (Å²) >= 11 is 0. The number of anilines is 1. The van der Waals surface area contributed by atoms with Crippen molar-refractivity contribution in [2.75, 3.05) is 12.5 Å². The second-order valence-corrected chi connectivity index (χ2v) is 6.06. The number of nitrogen functional groups attached to an aromatic ring is 1. The van der Waals surface area contributed by atoms with E-state index in [9.17, 15) is 0 Å². The maximum atomic E-state index is 6.46. The van der Waals surface area contributed by atoms with Crippen LogP contribution in [0.1, 0.15) is 43.7 Å². The van der Waals surface area contributed by atoms with Crippen molar-refractivity contribution in [2.24, 2.45) is 0 Å². The van der Waals surface area contributed by atoms with Gasteiger partial charge in [-0.15, -0.1) is 0 Å². The summed E-state index contributed by atoms with van der Waals surface area (Å²) in [4.78, 5) is 4.58. The average molecular weight is 296 g/mol. The van der Waals surface area contributed by atoms with Crippen molar-refractivity contribution < 1.29 is 9.47 Å². The van der Waals surface area contributed by atoms with Crippen molar-refractivity contribution in [1.29, 1.82) is 0 Å². The molecule has 2 aromatic rings. The van der Waals surface area contributed by atoms with E-state index in [0.717, 1.165) is 34.0 Å². The second-order valence-electron chi connectivity index (χ2n) is 6.06. The Morgan fingerprint density at radius 1 is 1.00 bits per heavy atom. The molecule has 1 aliphatic carbocycles. The molecular formula is C18H20N2O2. The fourth-order valence-corrected chi connectivity index (χ4v) is 3.51. The van der Waals surface area contributed by atoms with E-state index in [0.29, 0.717) is 5.92 Å². The van der Waals surface area contributed by atoms with Crippen LogP contribution in [0.25, 0.3) is 11.1 Å². The molecule has 2 aliphatic rings. The van der Waals surface area contributed by atoms with Crippen molar-refractivity contribution in [3.05, 3.63) is 36.2 Å². The van der Waals surface area contributed by atoms with Crippen LogP contribution < -0.4 is 15.2 Å². The van der Waals surface area contributed by atoms with Gasteiger partial charge in [-0.05, 0) is 36.6 Å². The average Bonchev–Trinajstić information content (AvgIpc) is 3.03. The quantitative estimate of drug-likeness (QED) is 0.906. The molecule has 2 N–H and O–H groups in total. The highest BCUT2D eigenvalue weighted by Gasteiger charge is 2.21. The first-order chi connectivity index (χ1) is 10.8. The molecule has 2 heterocycles. The Labute approximate surface area is 130 Å². The molecule has 4 nitrogen and oxygen atoms in total. The van der Waals surface area contributed by atoms with Crippen molar-refractivity contribution >= 4 is 5.69 Å². The maximum Gasteiger partial charge on any atom is 0.231 e. The van der Waals surface area contributed by atoms with Crippen LogP contribution >= 0.6 is 0 Å². The van der Waals surface area contributed by atoms with Crippen molar-refractivity contribution in [1.82, 2.24) is 4.98 Å². The van der Waals surface area contributed by atoms with Crippen LogP contribution in [0.15, 0.2) is 30.5 Å². The van der Waals surface area contributed by atoms with Gasteiger partial charge in [0.1, 0.15) is 0 Å². The summed E-state index contributed by atoms with van der Waals surface area (Å²) in [6.07, 6.45) is 8.15. The lowest BCUT2D eigenvalue weighted by Gasteiger charge is -2.23. The minimum Gasteiger partial charge on any atom is -0.454 e. The van der Waals surface area contributed by atoms with Gasteiger partial charge in [0, 0.05) is 17.7 Å². The SMILES string of the molecule is Nc1c(-c2ccc3c(c2)OCO3)ccnc1C1CCCCC1. The lowest BCUT2D eigenvalue weighted by molar-refractivity contribution is 0.174. The smallest absolute Gasteiger partial charge is 0.231 e. The van der Waals surface area contributed by atoms with Gasteiger partial charge in [0.05, 0.1) is 11.4 Å². The van der Waals surface area contributed by atoms with Gasteiger partial charge in [-0.25, -0.2) is 0 Å². The molecule has 1 fully saturated rings. The number of fused-ring (bicyclic) bond motifs is 1. The van der Waals surface area contributed by atoms with Crippen LogP contribution in [0.4, 0.5) is 5.69 Å². The molecule has 1 aromatic carbocycles. The third kappa shape index (κ3) is 2.28. The minimum absolute atomic E-state index is 0.290. The number of hydrogen-bond donors (Lipinski definition) is 1. The molecule has 114 valence electrons. The van der Waals surface area contributed by atoms with Crippen LogP contribution in [0, 0.1) is 0 Å². The van der Waals surface area contributed by atoms with Gasteiger partial charge in [-0.1, -0.05) is 25.3 Å². The molecule has 0 saturated heterocycles. The van der Waals surface area contributed by atoms with Gasteiger partial charge in [0.2, 0.25) is 6.79 Å². The summed E-state index contributed by atoms with van der Waals surface area (Å²) < 4.78 is 10.8. The number of hydrogen-bond acceptors (Lipinski definition) is 4. The van der Waals surface area contributed by atoms with Crippen molar-refractivity contribution in [3.8, 4) is 22.6 Å². The normalized spacial score (nSPS) is 17.6. The van der Waals surface area contributed by atoms with E-state index in [1.54, 1.807) is 0 Å². The molecule has 1 aliphatic heterocycles. The molecule has 0 atom stereocenters. The fraction of sp³-hybridized carbons (Fsp3) is 0.389. The number of pyridine rings is 1. The molecule has 1 aromatic heterocycles. The molecule has 0 radical (unpaired) electrons. The van der Waals surface area contributed by atoms with Gasteiger partial charge in [-0.3, -0.25) is 4.98 Å². The molecule has 0 unspecified atom stereocenters. The van der Waals surface area contributed by atoms with Crippen molar-refractivity contribution in [3.63, 3.8) is 0 Å². The minimum atomic E-state index is 0.290. The van der Waals surface area contributed by atoms with E-state index in [2.05, 4.69) is 4.98 Å². The summed E-state index contributed by atoms with van der Waals surface area (Å²) in [5, 5.41) is 0. The molecule has 0 bridgehead atoms. The Morgan fingerprint density at radius 2 is 1.82 bits per heavy atom. The topological polar surface area (TPSA) is 57.4 Å². The van der Waals surface area contributed by atoms with E-state index >= 15 is 0 Å². The van der Waals surface area contributed by atoms with Gasteiger partial charge >= 0.3 is 0 Å². The van der Waals surface area contributed by atoms with Gasteiger partial charge in [-0.2, -0.15) is 0 Å². The lowest BCUT2D eigenvalue weighted by atomic mass is 9.85. The van der Waals surface area contributed by atoms with E-state index in [4.69, 9.17) is 15.2 Å². The summed E-state index contributed by atoms with van der Waals surface area (Å²) in [6, 6.07) is 7.96. The number of ether oxygens (including phenoxy) is 2. The highest BCUT2D eigenvalue weighted by Crippen LogP contribution is 2.40. The first kappa shape index (κ1) is 13.4. The van der Waals surface area contributed by atoms with Gasteiger partial charge < -0.3 is 15.2 Å². The third-order valence-electron chi connectivity index (χ3n) is 4.70. The lowest BCUT2D eigenvalue weighted by Crippen LogP contribution is -2.10. The predicted molar refractivity (Wildman–Crippen MR) is 86.0 cm³/mol. The highest BCUT2D eigenvalue weighted by molar-refractivity contribution is 5.79. The number of benzene rings is 1. The Bertz CT molecular complexity index is 693. The molecule has 1 saturated carbocycles. The summed E-state index contributed by atoms with van der Waals surface area (Å²) in [5.74, 6) is 2.08. The van der Waals surface area contributed by atoms with Gasteiger partial charge in [0.25, 0.3) is 0 Å². The molecule has 4 rings (SSSR count). The Hall–Kier alpha value is -2.23. The monoisotopic (exact) mass is 296 g/mol. The standard InChI is InChI=1S/C18H20N2O2/c19-17-14(13-6-7-15-16(10-13)22-11-21-15)8-9-20-18(17)12-4-2-1-3-5-12/h6-10,12H,1-5,11,19H2. The molecule has 22 heavy (non-hydrogen) atoms. The molecule has 0 amide bonds. The van der Waals surface area contributed by atoms with Crippen LogP contribution in [-0.4, -0.2) is 11.8 Å². The van der Waals surface area contributed by atoms with Crippen molar-refractivity contribution in [2.45, 2.75) is 38.0 Å². The summed E-state index contributed by atoms with van der Waals surface area (Å²) in [7, 11) is 0. The molecular weight excluding hydrogens is 276 g/mol. The molecule has 0 spiro atoms. The van der Waals surface area contributed by atoms with E-state index < -0.39 is 0 Å². The Morgan fingerprint density at radius 3 is 2.68 bits per heavy atom. The number of rotatable bonds is 2. The number of nitrogens with zero attached hydrogens (tertiary/aromatic N) is 1. The molecule has 4 heteroatoms. The van der Waals surface area contributed by atoms with E-state index in [-0.39, 0.29) is 6.79 Å². The first-order valence-corrected chi connectivity index (χ1v) is 7.97. The van der Waals surface area contributed by atoms with Crippen LogP contribution in [-0.2, 0) is 0 Å². The Kier molecular flexibility index (Phi) is 3.37.